The molecule has 0 atom stereocenters. The van der Waals surface area contributed by atoms with Crippen LogP contribution in [0.3, 0.4) is 0 Å². The molecule has 1 aromatic heterocycles. The molecule has 0 aliphatic rings. The molecule has 3 aromatic rings. The van der Waals surface area contributed by atoms with Crippen molar-refractivity contribution in [1.29, 1.82) is 0 Å². The molecule has 0 saturated heterocycles. The lowest BCUT2D eigenvalue weighted by atomic mass is 10.1. The van der Waals surface area contributed by atoms with Crippen molar-refractivity contribution in [2.75, 3.05) is 11.4 Å². The van der Waals surface area contributed by atoms with Gasteiger partial charge in [-0.15, -0.1) is 0 Å². The highest BCUT2D eigenvalue weighted by Crippen LogP contribution is 2.21. The number of aromatic nitrogens is 2. The molecule has 2 aromatic carbocycles. The largest absolute Gasteiger partial charge is 0.478 e. The highest BCUT2D eigenvalue weighted by molar-refractivity contribution is 5.76. The van der Waals surface area contributed by atoms with Crippen LogP contribution in [0.1, 0.15) is 37.5 Å². The Hall–Kier alpha value is -3.92. The van der Waals surface area contributed by atoms with Crippen LogP contribution >= 0.6 is 0 Å². The Morgan fingerprint density at radius 2 is 1.64 bits per heavy atom. The van der Waals surface area contributed by atoms with Gasteiger partial charge in [-0.25, -0.2) is 19.6 Å². The van der Waals surface area contributed by atoms with E-state index in [1.807, 2.05) is 48.8 Å². The van der Waals surface area contributed by atoms with E-state index in [1.165, 1.54) is 13.8 Å². The van der Waals surface area contributed by atoms with Gasteiger partial charge in [-0.2, -0.15) is 0 Å². The van der Waals surface area contributed by atoms with Crippen molar-refractivity contribution in [3.05, 3.63) is 89.0 Å². The van der Waals surface area contributed by atoms with E-state index in [4.69, 9.17) is 11.3 Å². The van der Waals surface area contributed by atoms with E-state index in [-0.39, 0.29) is 0 Å². The van der Waals surface area contributed by atoms with Gasteiger partial charge in [-0.1, -0.05) is 43.3 Å². The number of hydrogen-bond donors (Lipinski definition) is 1. The van der Waals surface area contributed by atoms with Crippen LogP contribution in [0.2, 0.25) is 0 Å². The first-order valence-electron chi connectivity index (χ1n) is 10.8. The average Bonchev–Trinajstić information content (AvgIpc) is 2.83. The van der Waals surface area contributed by atoms with Gasteiger partial charge in [-0.05, 0) is 55.5 Å². The molecule has 1 N–H and O–H groups in total. The lowest BCUT2D eigenvalue weighted by molar-refractivity contribution is -0.152. The number of carboxylic acids is 1. The SMILES string of the molecule is [C-]#[N+]c1ccc(CN(CCc2ccc(OC(C)(C)C(=O)O)cc2)c2ncc(CC)cn2)cc1. The number of nitrogens with zero attached hydrogens (tertiary/aromatic N) is 4. The molecule has 0 amide bonds. The summed E-state index contributed by atoms with van der Waals surface area (Å²) in [7, 11) is 0. The van der Waals surface area contributed by atoms with E-state index >= 15 is 0 Å². The van der Waals surface area contributed by atoms with Gasteiger partial charge in [0, 0.05) is 25.5 Å². The zero-order valence-electron chi connectivity index (χ0n) is 19.2. The fourth-order valence-corrected chi connectivity index (χ4v) is 3.17. The lowest BCUT2D eigenvalue weighted by Gasteiger charge is -2.23. The first-order chi connectivity index (χ1) is 15.8. The summed E-state index contributed by atoms with van der Waals surface area (Å²) in [6, 6.07) is 15.0. The van der Waals surface area contributed by atoms with Gasteiger partial charge in [0.15, 0.2) is 11.3 Å². The first kappa shape index (κ1) is 23.7. The van der Waals surface area contributed by atoms with E-state index in [0.29, 0.717) is 30.5 Å². The van der Waals surface area contributed by atoms with E-state index in [0.717, 1.165) is 29.5 Å². The van der Waals surface area contributed by atoms with Crippen molar-refractivity contribution >= 4 is 17.6 Å². The maximum absolute atomic E-state index is 11.3. The molecule has 0 saturated carbocycles. The minimum absolute atomic E-state index is 0.515. The monoisotopic (exact) mass is 444 g/mol. The molecule has 0 aliphatic carbocycles. The predicted octanol–water partition coefficient (Wildman–Crippen LogP) is 5.08. The Balaban J connectivity index is 1.72. The number of aryl methyl sites for hydroxylation is 1. The zero-order chi connectivity index (χ0) is 23.8. The molecule has 170 valence electrons. The first-order valence-corrected chi connectivity index (χ1v) is 10.8. The van der Waals surface area contributed by atoms with Gasteiger partial charge >= 0.3 is 5.97 Å². The van der Waals surface area contributed by atoms with Crippen LogP contribution < -0.4 is 9.64 Å². The third kappa shape index (κ3) is 6.53. The van der Waals surface area contributed by atoms with Crippen LogP contribution in [0.5, 0.6) is 5.75 Å². The fraction of sp³-hybridized carbons (Fsp3) is 0.308. The normalized spacial score (nSPS) is 11.0. The van der Waals surface area contributed by atoms with E-state index in [1.54, 1.807) is 12.1 Å². The number of rotatable bonds is 10. The molecule has 33 heavy (non-hydrogen) atoms. The van der Waals surface area contributed by atoms with Crippen LogP contribution in [-0.4, -0.2) is 33.2 Å². The van der Waals surface area contributed by atoms with Crippen molar-refractivity contribution in [1.82, 2.24) is 9.97 Å². The number of ether oxygens (including phenoxy) is 1. The van der Waals surface area contributed by atoms with Gasteiger partial charge in [0.05, 0.1) is 6.57 Å². The summed E-state index contributed by atoms with van der Waals surface area (Å²) in [5, 5.41) is 9.24. The van der Waals surface area contributed by atoms with Crippen molar-refractivity contribution in [3.8, 4) is 5.75 Å². The Kier molecular flexibility index (Phi) is 7.62. The highest BCUT2D eigenvalue weighted by atomic mass is 16.5. The van der Waals surface area contributed by atoms with Gasteiger partial charge in [-0.3, -0.25) is 0 Å². The molecule has 0 radical (unpaired) electrons. The number of carbonyl (C=O) groups is 1. The van der Waals surface area contributed by atoms with Crippen LogP contribution in [0.4, 0.5) is 11.6 Å². The standard InChI is InChI=1S/C26H28N4O3/c1-5-19-16-28-25(29-17-19)30(18-21-6-10-22(27-4)11-7-21)15-14-20-8-12-23(13-9-20)33-26(2,3)24(31)32/h6-13,16-17H,5,14-15,18H2,1-3H3,(H,31,32). The second-order valence-electron chi connectivity index (χ2n) is 8.26. The Labute approximate surface area is 194 Å². The molecule has 7 heteroatoms. The molecular weight excluding hydrogens is 416 g/mol. The summed E-state index contributed by atoms with van der Waals surface area (Å²) in [4.78, 5) is 25.9. The maximum Gasteiger partial charge on any atom is 0.347 e. The Morgan fingerprint density at radius 1 is 1.03 bits per heavy atom. The summed E-state index contributed by atoms with van der Waals surface area (Å²) < 4.78 is 5.58. The number of anilines is 1. The Morgan fingerprint density at radius 3 is 2.18 bits per heavy atom. The third-order valence-corrected chi connectivity index (χ3v) is 5.30. The lowest BCUT2D eigenvalue weighted by Crippen LogP contribution is -2.37. The maximum atomic E-state index is 11.3. The second-order valence-corrected chi connectivity index (χ2v) is 8.26. The molecule has 0 unspecified atom stereocenters. The van der Waals surface area contributed by atoms with Crippen LogP contribution in [0.15, 0.2) is 60.9 Å². The zero-order valence-corrected chi connectivity index (χ0v) is 19.2. The molecule has 3 rings (SSSR count). The summed E-state index contributed by atoms with van der Waals surface area (Å²) >= 11 is 0. The number of aliphatic carboxylic acids is 1. The van der Waals surface area contributed by atoms with E-state index < -0.39 is 11.6 Å². The van der Waals surface area contributed by atoms with Crippen molar-refractivity contribution in [2.24, 2.45) is 0 Å². The molecule has 0 aliphatic heterocycles. The Bertz CT molecular complexity index is 1100. The van der Waals surface area contributed by atoms with Crippen molar-refractivity contribution < 1.29 is 14.6 Å². The molecule has 0 fully saturated rings. The van der Waals surface area contributed by atoms with E-state index in [2.05, 4.69) is 26.6 Å². The topological polar surface area (TPSA) is 79.9 Å². The van der Waals surface area contributed by atoms with Gasteiger partial charge in [0.2, 0.25) is 5.95 Å². The number of carboxylic acid groups (broad SMARTS) is 1. The van der Waals surface area contributed by atoms with Gasteiger partial charge < -0.3 is 14.7 Å². The third-order valence-electron chi connectivity index (χ3n) is 5.30. The summed E-state index contributed by atoms with van der Waals surface area (Å²) in [6.07, 6.45) is 5.34. The molecule has 7 nitrogen and oxygen atoms in total. The summed E-state index contributed by atoms with van der Waals surface area (Å²) in [6.45, 7) is 13.6. The van der Waals surface area contributed by atoms with Crippen molar-refractivity contribution in [2.45, 2.75) is 45.8 Å². The molecule has 0 spiro atoms. The van der Waals surface area contributed by atoms with E-state index in [9.17, 15) is 9.90 Å². The second kappa shape index (κ2) is 10.6. The van der Waals surface area contributed by atoms with Gasteiger partial charge in [0.25, 0.3) is 0 Å². The quantitative estimate of drug-likeness (QED) is 0.439. The van der Waals surface area contributed by atoms with Crippen LogP contribution in [0.25, 0.3) is 4.85 Å². The predicted molar refractivity (Wildman–Crippen MR) is 128 cm³/mol. The van der Waals surface area contributed by atoms with Crippen LogP contribution in [-0.2, 0) is 24.2 Å². The number of hydrogen-bond acceptors (Lipinski definition) is 5. The van der Waals surface area contributed by atoms with Crippen molar-refractivity contribution in [3.63, 3.8) is 0 Å². The molecule has 0 bridgehead atoms. The number of benzene rings is 2. The minimum Gasteiger partial charge on any atom is -0.478 e. The smallest absolute Gasteiger partial charge is 0.347 e. The fourth-order valence-electron chi connectivity index (χ4n) is 3.17. The summed E-state index contributed by atoms with van der Waals surface area (Å²) in [5.74, 6) is 0.159. The van der Waals surface area contributed by atoms with Crippen LogP contribution in [0, 0.1) is 6.57 Å². The minimum atomic E-state index is -1.29. The molecular formula is C26H28N4O3. The van der Waals surface area contributed by atoms with Gasteiger partial charge in [0.1, 0.15) is 5.75 Å². The highest BCUT2D eigenvalue weighted by Gasteiger charge is 2.29. The average molecular weight is 445 g/mol. The summed E-state index contributed by atoms with van der Waals surface area (Å²) in [5.41, 5.74) is 2.57. The molecule has 1 heterocycles.